The van der Waals surface area contributed by atoms with Gasteiger partial charge in [-0.2, -0.15) is 0 Å². The minimum atomic E-state index is -4.02. The van der Waals surface area contributed by atoms with Gasteiger partial charge in [0.05, 0.1) is 44.1 Å². The van der Waals surface area contributed by atoms with Gasteiger partial charge in [-0.15, -0.1) is 0 Å². The van der Waals surface area contributed by atoms with Crippen LogP contribution in [-0.2, 0) is 19.6 Å². The molecule has 0 aliphatic carbocycles. The van der Waals surface area contributed by atoms with Crippen LogP contribution in [0.4, 0.5) is 5.69 Å². The molecule has 10 nitrogen and oxygen atoms in total. The molecule has 1 amide bonds. The van der Waals surface area contributed by atoms with Crippen LogP contribution in [0, 0.1) is 0 Å². The molecule has 186 valence electrons. The van der Waals surface area contributed by atoms with Gasteiger partial charge in [0.2, 0.25) is 0 Å². The molecule has 0 saturated carbocycles. The van der Waals surface area contributed by atoms with Gasteiger partial charge in [-0.3, -0.25) is 14.3 Å². The van der Waals surface area contributed by atoms with Gasteiger partial charge in [0, 0.05) is 19.0 Å². The second kappa shape index (κ2) is 12.7. The number of amides is 1. The number of sulfonamides is 1. The number of anilines is 1. The van der Waals surface area contributed by atoms with Crippen LogP contribution in [0.1, 0.15) is 36.5 Å². The van der Waals surface area contributed by atoms with Gasteiger partial charge in [0.1, 0.15) is 5.75 Å². The number of methoxy groups -OCH3 is 3. The summed E-state index contributed by atoms with van der Waals surface area (Å²) >= 11 is 0. The van der Waals surface area contributed by atoms with Crippen molar-refractivity contribution in [3.63, 3.8) is 0 Å². The molecule has 0 unspecified atom stereocenters. The fourth-order valence-electron chi connectivity index (χ4n) is 3.03. The van der Waals surface area contributed by atoms with E-state index in [-0.39, 0.29) is 46.6 Å². The second-order valence-corrected chi connectivity index (χ2v) is 8.73. The number of ether oxygens (including phenoxy) is 4. The summed E-state index contributed by atoms with van der Waals surface area (Å²) in [6.07, 6.45) is 1.33. The van der Waals surface area contributed by atoms with E-state index in [1.54, 1.807) is 12.1 Å². The molecule has 0 spiro atoms. The van der Waals surface area contributed by atoms with Crippen molar-refractivity contribution in [2.24, 2.45) is 0 Å². The van der Waals surface area contributed by atoms with E-state index < -0.39 is 15.9 Å². The Kier molecular flexibility index (Phi) is 9.99. The van der Waals surface area contributed by atoms with Gasteiger partial charge in [0.25, 0.3) is 15.9 Å². The van der Waals surface area contributed by atoms with Crippen LogP contribution in [0.25, 0.3) is 0 Å². The number of esters is 1. The Bertz CT molecular complexity index is 1080. The third-order valence-corrected chi connectivity index (χ3v) is 6.16. The number of benzene rings is 2. The summed E-state index contributed by atoms with van der Waals surface area (Å²) < 4.78 is 48.9. The topological polar surface area (TPSA) is 129 Å². The molecule has 0 atom stereocenters. The van der Waals surface area contributed by atoms with Crippen LogP contribution < -0.4 is 24.2 Å². The Balaban J connectivity index is 2.26. The molecule has 11 heteroatoms. The number of hydrogen-bond acceptors (Lipinski definition) is 8. The molecule has 0 aromatic heterocycles. The maximum atomic E-state index is 13.0. The first-order valence-electron chi connectivity index (χ1n) is 10.6. The fourth-order valence-corrected chi connectivity index (χ4v) is 4.10. The van der Waals surface area contributed by atoms with E-state index in [4.69, 9.17) is 14.2 Å². The summed E-state index contributed by atoms with van der Waals surface area (Å²) in [5.74, 6) is 0.226. The lowest BCUT2D eigenvalue weighted by Crippen LogP contribution is -2.26. The highest BCUT2D eigenvalue weighted by atomic mass is 32.2. The Morgan fingerprint density at radius 1 is 0.941 bits per heavy atom. The molecule has 0 aliphatic rings. The van der Waals surface area contributed by atoms with Crippen LogP contribution >= 0.6 is 0 Å². The van der Waals surface area contributed by atoms with Crippen molar-refractivity contribution in [2.45, 2.75) is 31.1 Å². The SMILES string of the molecule is CCOc1ccc(S(=O)(=O)Nc2cc(OC)c(OC)cc2C(=O)NCCCCC(=O)OC)cc1. The summed E-state index contributed by atoms with van der Waals surface area (Å²) in [5.41, 5.74) is 0.0822. The second-order valence-electron chi connectivity index (χ2n) is 7.05. The molecule has 0 radical (unpaired) electrons. The first-order valence-corrected chi connectivity index (χ1v) is 12.1. The molecular formula is C23H30N2O8S. The summed E-state index contributed by atoms with van der Waals surface area (Å²) in [4.78, 5) is 24.1. The Morgan fingerprint density at radius 3 is 2.18 bits per heavy atom. The van der Waals surface area contributed by atoms with Crippen LogP contribution in [0.5, 0.6) is 17.2 Å². The standard InChI is InChI=1S/C23H30N2O8S/c1-5-33-16-9-11-17(12-10-16)34(28,29)25-19-15-21(31-3)20(30-2)14-18(19)23(27)24-13-7-6-8-22(26)32-4/h9-12,14-15,25H,5-8,13H2,1-4H3,(H,24,27). The van der Waals surface area contributed by atoms with Gasteiger partial charge in [-0.25, -0.2) is 8.42 Å². The lowest BCUT2D eigenvalue weighted by atomic mass is 10.1. The zero-order chi connectivity index (χ0) is 25.1. The zero-order valence-corrected chi connectivity index (χ0v) is 20.5. The van der Waals surface area contributed by atoms with E-state index in [0.29, 0.717) is 25.2 Å². The quantitative estimate of drug-likeness (QED) is 0.321. The number of carbonyl (C=O) groups is 2. The van der Waals surface area contributed by atoms with Crippen molar-refractivity contribution in [1.82, 2.24) is 5.32 Å². The number of hydrogen-bond donors (Lipinski definition) is 2. The predicted molar refractivity (Wildman–Crippen MR) is 126 cm³/mol. The molecule has 2 N–H and O–H groups in total. The molecule has 34 heavy (non-hydrogen) atoms. The average molecular weight is 495 g/mol. The molecule has 0 aliphatic heterocycles. The van der Waals surface area contributed by atoms with Crippen molar-refractivity contribution in [3.05, 3.63) is 42.0 Å². The minimum absolute atomic E-state index is 0.0000867. The van der Waals surface area contributed by atoms with Crippen molar-refractivity contribution in [1.29, 1.82) is 0 Å². The van der Waals surface area contributed by atoms with Crippen LogP contribution in [0.15, 0.2) is 41.3 Å². The number of carbonyl (C=O) groups excluding carboxylic acids is 2. The van der Waals surface area contributed by atoms with Gasteiger partial charge < -0.3 is 24.3 Å². The van der Waals surface area contributed by atoms with Gasteiger partial charge in [-0.1, -0.05) is 0 Å². The first kappa shape index (κ1) is 26.8. The Labute approximate surface area is 199 Å². The highest BCUT2D eigenvalue weighted by Crippen LogP contribution is 2.34. The highest BCUT2D eigenvalue weighted by molar-refractivity contribution is 7.92. The third kappa shape index (κ3) is 7.27. The van der Waals surface area contributed by atoms with Crippen LogP contribution in [-0.4, -0.2) is 54.8 Å². The largest absolute Gasteiger partial charge is 0.494 e. The summed E-state index contributed by atoms with van der Waals surface area (Å²) in [6, 6.07) is 8.71. The summed E-state index contributed by atoms with van der Waals surface area (Å²) in [7, 11) is 0.115. The molecule has 2 aromatic rings. The minimum Gasteiger partial charge on any atom is -0.494 e. The number of nitrogens with one attached hydrogen (secondary N) is 2. The van der Waals surface area contributed by atoms with Crippen LogP contribution in [0.3, 0.4) is 0 Å². The normalized spacial score (nSPS) is 10.8. The molecule has 0 saturated heterocycles. The lowest BCUT2D eigenvalue weighted by molar-refractivity contribution is -0.140. The van der Waals surface area contributed by atoms with Crippen molar-refractivity contribution in [2.75, 3.05) is 39.2 Å². The van der Waals surface area contributed by atoms with Crippen LogP contribution in [0.2, 0.25) is 0 Å². The van der Waals surface area contributed by atoms with Crippen molar-refractivity contribution in [3.8, 4) is 17.2 Å². The van der Waals surface area contributed by atoms with Gasteiger partial charge >= 0.3 is 5.97 Å². The monoisotopic (exact) mass is 494 g/mol. The number of rotatable bonds is 13. The van der Waals surface area contributed by atoms with E-state index in [9.17, 15) is 18.0 Å². The van der Waals surface area contributed by atoms with Crippen molar-refractivity contribution < 1.29 is 37.0 Å². The van der Waals surface area contributed by atoms with E-state index in [1.165, 1.54) is 45.6 Å². The number of unbranched alkanes of at least 4 members (excludes halogenated alkanes) is 1. The van der Waals surface area contributed by atoms with E-state index in [2.05, 4.69) is 14.8 Å². The lowest BCUT2D eigenvalue weighted by Gasteiger charge is -2.16. The molecule has 0 fully saturated rings. The van der Waals surface area contributed by atoms with E-state index >= 15 is 0 Å². The first-order chi connectivity index (χ1) is 16.2. The summed E-state index contributed by atoms with van der Waals surface area (Å²) in [6.45, 7) is 2.57. The Hall–Kier alpha value is -3.47. The predicted octanol–water partition coefficient (Wildman–Crippen LogP) is 2.98. The molecule has 2 aromatic carbocycles. The molecule has 0 heterocycles. The van der Waals surface area contributed by atoms with E-state index in [0.717, 1.165) is 0 Å². The highest BCUT2D eigenvalue weighted by Gasteiger charge is 2.22. The fraction of sp³-hybridized carbons (Fsp3) is 0.391. The van der Waals surface area contributed by atoms with Gasteiger partial charge in [-0.05, 0) is 50.1 Å². The third-order valence-electron chi connectivity index (χ3n) is 4.78. The van der Waals surface area contributed by atoms with Gasteiger partial charge in [0.15, 0.2) is 11.5 Å². The van der Waals surface area contributed by atoms with Crippen molar-refractivity contribution >= 4 is 27.6 Å². The average Bonchev–Trinajstić information content (AvgIpc) is 2.83. The zero-order valence-electron chi connectivity index (χ0n) is 19.7. The molecule has 0 bridgehead atoms. The van der Waals surface area contributed by atoms with E-state index in [1.807, 2.05) is 6.92 Å². The smallest absolute Gasteiger partial charge is 0.305 e. The summed E-state index contributed by atoms with van der Waals surface area (Å²) in [5, 5.41) is 2.73. The Morgan fingerprint density at radius 2 is 1.59 bits per heavy atom. The molecular weight excluding hydrogens is 464 g/mol. The maximum absolute atomic E-state index is 13.0. The maximum Gasteiger partial charge on any atom is 0.305 e. The molecule has 2 rings (SSSR count).